The summed E-state index contributed by atoms with van der Waals surface area (Å²) in [7, 11) is 0. The van der Waals surface area contributed by atoms with E-state index in [-0.39, 0.29) is 13.6 Å². The number of hydrogen-bond acceptors (Lipinski definition) is 3. The monoisotopic (exact) mass is 452 g/mol. The maximum absolute atomic E-state index is 5.14. The first-order valence-corrected chi connectivity index (χ1v) is 13.0. The van der Waals surface area contributed by atoms with Gasteiger partial charge in [0.05, 0.1) is 0 Å². The van der Waals surface area contributed by atoms with E-state index in [1.807, 2.05) is 27.7 Å². The molecule has 0 bridgehead atoms. The maximum atomic E-state index is 5.14. The Hall–Kier alpha value is -0.120. The fraction of sp³-hybridized carbons (Fsp3) is 1.00. The van der Waals surface area contributed by atoms with Gasteiger partial charge in [-0.05, 0) is 59.4 Å². The van der Waals surface area contributed by atoms with Gasteiger partial charge in [0.15, 0.2) is 0 Å². The molecule has 0 radical (unpaired) electrons. The Kier molecular flexibility index (Phi) is 58.0. The lowest BCUT2D eigenvalue weighted by Crippen LogP contribution is -2.57. The zero-order chi connectivity index (χ0) is 24.4. The van der Waals surface area contributed by atoms with E-state index in [0.29, 0.717) is 11.1 Å². The van der Waals surface area contributed by atoms with Gasteiger partial charge in [0, 0.05) is 11.1 Å². The predicted octanol–water partition coefficient (Wildman–Crippen LogP) is 10.2. The summed E-state index contributed by atoms with van der Waals surface area (Å²) in [6, 6.07) is 0. The van der Waals surface area contributed by atoms with Crippen molar-refractivity contribution in [2.45, 2.75) is 173 Å². The van der Waals surface area contributed by atoms with E-state index in [0.717, 1.165) is 12.5 Å². The molecule has 0 atom stereocenters. The Labute approximate surface area is 203 Å². The second kappa shape index (κ2) is 37.2. The van der Waals surface area contributed by atoms with Gasteiger partial charge < -0.3 is 17.2 Å². The Bertz CT molecular complexity index is 229. The molecule has 31 heavy (non-hydrogen) atoms. The van der Waals surface area contributed by atoms with Gasteiger partial charge in [0.25, 0.3) is 0 Å². The summed E-state index contributed by atoms with van der Waals surface area (Å²) in [5.74, 6) is 0.862. The fourth-order valence-corrected chi connectivity index (χ4v) is 3.54. The highest BCUT2D eigenvalue weighted by Crippen LogP contribution is 2.31. The molecule has 1 aliphatic rings. The van der Waals surface area contributed by atoms with Crippen LogP contribution < -0.4 is 17.2 Å². The highest BCUT2D eigenvalue weighted by Gasteiger charge is 2.35. The average molecular weight is 452 g/mol. The van der Waals surface area contributed by atoms with Crippen molar-refractivity contribution in [3.8, 4) is 0 Å². The zero-order valence-corrected chi connectivity index (χ0v) is 24.4. The average Bonchev–Trinajstić information content (AvgIpc) is 2.63. The van der Waals surface area contributed by atoms with Crippen molar-refractivity contribution in [3.05, 3.63) is 0 Å². The van der Waals surface area contributed by atoms with Gasteiger partial charge in [0.1, 0.15) is 0 Å². The summed E-state index contributed by atoms with van der Waals surface area (Å²) in [4.78, 5) is 0. The molecule has 6 N–H and O–H groups in total. The standard InChI is InChI=1S/C10H21N.C6H14.C4H11N.C3H8.2C2H6.CH4.H3N/c1-8-6-9(2,3)11-10(4,5)7-8;1-3-5-6-4-2;1-2-3-4-5;1-3-2;2*1-2;;/h8,11H,6-7H2,1-5H3;3-6H2,1-2H3;2-5H2,1H3;3H2,1-2H3;2*1-2H3;1H4;1H3. The molecule has 1 fully saturated rings. The Morgan fingerprint density at radius 1 is 0.710 bits per heavy atom. The molecule has 0 aliphatic carbocycles. The van der Waals surface area contributed by atoms with Crippen LogP contribution in [-0.2, 0) is 0 Å². The molecule has 0 saturated carbocycles. The summed E-state index contributed by atoms with van der Waals surface area (Å²) in [5.41, 5.74) is 5.81. The second-order valence-electron chi connectivity index (χ2n) is 8.96. The largest absolute Gasteiger partial charge is 0.344 e. The molecule has 1 heterocycles. The molecule has 3 nitrogen and oxygen atoms in total. The van der Waals surface area contributed by atoms with Crippen LogP contribution in [0.5, 0.6) is 0 Å². The molecular weight excluding hydrogens is 378 g/mol. The first kappa shape index (κ1) is 48.3. The van der Waals surface area contributed by atoms with Crippen LogP contribution in [0.4, 0.5) is 0 Å². The van der Waals surface area contributed by atoms with Crippen molar-refractivity contribution in [3.63, 3.8) is 0 Å². The minimum atomic E-state index is 0. The van der Waals surface area contributed by atoms with Crippen LogP contribution in [0.25, 0.3) is 0 Å². The lowest BCUT2D eigenvalue weighted by Gasteiger charge is -2.45. The number of hydrogen-bond donors (Lipinski definition) is 3. The van der Waals surface area contributed by atoms with Gasteiger partial charge in [-0.15, -0.1) is 0 Å². The molecule has 1 rings (SSSR count). The molecule has 1 saturated heterocycles. The fourth-order valence-electron chi connectivity index (χ4n) is 3.54. The van der Waals surface area contributed by atoms with Crippen molar-refractivity contribution < 1.29 is 0 Å². The quantitative estimate of drug-likeness (QED) is 0.364. The van der Waals surface area contributed by atoms with E-state index in [2.05, 4.69) is 74.6 Å². The zero-order valence-electron chi connectivity index (χ0n) is 24.4. The first-order valence-electron chi connectivity index (χ1n) is 13.0. The maximum Gasteiger partial charge on any atom is 0.0132 e. The lowest BCUT2D eigenvalue weighted by atomic mass is 9.77. The van der Waals surface area contributed by atoms with Crippen LogP contribution in [0.3, 0.4) is 0 Å². The van der Waals surface area contributed by atoms with Crippen LogP contribution in [0, 0.1) is 5.92 Å². The predicted molar refractivity (Wildman–Crippen MR) is 154 cm³/mol. The molecule has 0 aromatic carbocycles. The molecular formula is C28H73N3. The third kappa shape index (κ3) is 53.3. The third-order valence-electron chi connectivity index (χ3n) is 3.91. The van der Waals surface area contributed by atoms with Crippen molar-refractivity contribution in [1.82, 2.24) is 11.5 Å². The normalized spacial score (nSPS) is 14.8. The topological polar surface area (TPSA) is 73.0 Å². The second-order valence-corrected chi connectivity index (χ2v) is 8.96. The number of piperidine rings is 1. The summed E-state index contributed by atoms with van der Waals surface area (Å²) < 4.78 is 0. The Morgan fingerprint density at radius 2 is 0.968 bits per heavy atom. The van der Waals surface area contributed by atoms with E-state index in [4.69, 9.17) is 5.73 Å². The smallest absolute Gasteiger partial charge is 0.0132 e. The van der Waals surface area contributed by atoms with E-state index in [1.54, 1.807) is 0 Å². The van der Waals surface area contributed by atoms with Crippen LogP contribution in [0.1, 0.15) is 162 Å². The minimum Gasteiger partial charge on any atom is -0.344 e. The first-order chi connectivity index (χ1) is 13.6. The van der Waals surface area contributed by atoms with E-state index in [9.17, 15) is 0 Å². The summed E-state index contributed by atoms with van der Waals surface area (Å²) in [5, 5.41) is 3.66. The summed E-state index contributed by atoms with van der Waals surface area (Å²) in [6.45, 7) is 31.2. The van der Waals surface area contributed by atoms with E-state index in [1.165, 1.54) is 57.8 Å². The molecule has 0 amide bonds. The molecule has 1 aliphatic heterocycles. The number of nitrogens with one attached hydrogen (secondary N) is 1. The number of rotatable bonds is 5. The van der Waals surface area contributed by atoms with Gasteiger partial charge in [-0.25, -0.2) is 0 Å². The Morgan fingerprint density at radius 3 is 1.10 bits per heavy atom. The molecule has 0 unspecified atom stereocenters. The van der Waals surface area contributed by atoms with E-state index < -0.39 is 0 Å². The highest BCUT2D eigenvalue weighted by molar-refractivity contribution is 4.95. The van der Waals surface area contributed by atoms with Crippen molar-refractivity contribution >= 4 is 0 Å². The summed E-state index contributed by atoms with van der Waals surface area (Å²) in [6.07, 6.45) is 11.8. The van der Waals surface area contributed by atoms with Gasteiger partial charge >= 0.3 is 0 Å². The molecule has 3 heteroatoms. The third-order valence-corrected chi connectivity index (χ3v) is 3.91. The Balaban J connectivity index is -0.0000000501. The van der Waals surface area contributed by atoms with Gasteiger partial charge in [-0.3, -0.25) is 0 Å². The van der Waals surface area contributed by atoms with Gasteiger partial charge in [-0.1, -0.05) is 115 Å². The van der Waals surface area contributed by atoms with Crippen LogP contribution in [0.2, 0.25) is 0 Å². The number of nitrogens with two attached hydrogens (primary N) is 1. The lowest BCUT2D eigenvalue weighted by molar-refractivity contribution is 0.138. The van der Waals surface area contributed by atoms with Gasteiger partial charge in [-0.2, -0.15) is 0 Å². The molecule has 200 valence electrons. The van der Waals surface area contributed by atoms with Crippen LogP contribution in [-0.4, -0.2) is 17.6 Å². The van der Waals surface area contributed by atoms with Crippen LogP contribution in [0.15, 0.2) is 0 Å². The van der Waals surface area contributed by atoms with Gasteiger partial charge in [0.2, 0.25) is 0 Å². The van der Waals surface area contributed by atoms with Crippen molar-refractivity contribution in [1.29, 1.82) is 0 Å². The SMILES string of the molecule is C.CC.CC.CC1CC(C)(C)NC(C)(C)C1.CCC.CCCCCC.CCCCN.N. The van der Waals surface area contributed by atoms with Crippen molar-refractivity contribution in [2.24, 2.45) is 11.7 Å². The minimum absolute atomic E-state index is 0. The van der Waals surface area contributed by atoms with E-state index >= 15 is 0 Å². The van der Waals surface area contributed by atoms with Crippen molar-refractivity contribution in [2.75, 3.05) is 6.54 Å². The number of unbranched alkanes of at least 4 members (excludes halogenated alkanes) is 4. The molecule has 0 spiro atoms. The molecule has 0 aromatic heterocycles. The highest BCUT2D eigenvalue weighted by atomic mass is 15.0. The summed E-state index contributed by atoms with van der Waals surface area (Å²) >= 11 is 0. The molecule has 0 aromatic rings. The van der Waals surface area contributed by atoms with Crippen LogP contribution >= 0.6 is 0 Å².